The van der Waals surface area contributed by atoms with E-state index < -0.39 is 83.7 Å². The van der Waals surface area contributed by atoms with Crippen molar-refractivity contribution in [3.05, 3.63) is 59.2 Å². The molecule has 0 bridgehead atoms. The number of ether oxygens (including phenoxy) is 4. The highest BCUT2D eigenvalue weighted by molar-refractivity contribution is 7.61. The summed E-state index contributed by atoms with van der Waals surface area (Å²) in [6.07, 6.45) is 33.8. The number of hydrogen-bond donors (Lipinski definition) is 5. The molecule has 9 atom stereocenters. The molecule has 2 aliphatic rings. The molecule has 424 valence electrons. The lowest BCUT2D eigenvalue weighted by molar-refractivity contribution is -0.161. The number of esters is 2. The van der Waals surface area contributed by atoms with Crippen LogP contribution in [-0.4, -0.2) is 97.9 Å². The fraction of sp³-hybridized carbons (Fsp3) is 0.774. The van der Waals surface area contributed by atoms with Crippen molar-refractivity contribution in [1.82, 2.24) is 9.55 Å². The number of nitrogen functional groups attached to an aromatic ring is 1. The van der Waals surface area contributed by atoms with Gasteiger partial charge in [-0.15, -0.1) is 0 Å². The van der Waals surface area contributed by atoms with Gasteiger partial charge in [0.2, 0.25) is 0 Å². The normalized spacial score (nSPS) is 21.9. The number of hydrogen-bond acceptors (Lipinski definition) is 16. The minimum Gasteiger partial charge on any atom is -0.462 e. The number of anilines is 1. The Morgan fingerprint density at radius 3 is 1.92 bits per heavy atom. The number of aromatic nitrogens is 2. The number of carbonyl (C=O) groups excluding carboxylic acids is 2. The number of phosphoric ester groups is 2. The molecule has 0 aliphatic carbocycles. The van der Waals surface area contributed by atoms with E-state index in [0.717, 1.165) is 68.0 Å². The molecule has 1 aromatic heterocycles. The topological polar surface area (TPSA) is 278 Å². The summed E-state index contributed by atoms with van der Waals surface area (Å²) in [5.41, 5.74) is 4.59. The van der Waals surface area contributed by atoms with Gasteiger partial charge in [-0.25, -0.2) is 13.9 Å². The first-order valence-electron chi connectivity index (χ1n) is 27.5. The van der Waals surface area contributed by atoms with Gasteiger partial charge in [0.25, 0.3) is 0 Å². The molecular weight excluding hydrogens is 997 g/mol. The van der Waals surface area contributed by atoms with E-state index in [1.165, 1.54) is 96.0 Å². The molecule has 0 radical (unpaired) electrons. The number of nitrogens with zero attached hydrogens (tertiary/aromatic N) is 2. The second-order valence-corrected chi connectivity index (χ2v) is 23.0. The van der Waals surface area contributed by atoms with Crippen LogP contribution in [-0.2, 0) is 51.0 Å². The van der Waals surface area contributed by atoms with Gasteiger partial charge in [-0.2, -0.15) is 9.29 Å². The van der Waals surface area contributed by atoms with Crippen molar-refractivity contribution in [3.63, 3.8) is 0 Å². The van der Waals surface area contributed by atoms with Crippen molar-refractivity contribution in [1.29, 1.82) is 0 Å². The van der Waals surface area contributed by atoms with Gasteiger partial charge in [0.1, 0.15) is 30.7 Å². The first kappa shape index (κ1) is 65.2. The molecule has 19 nitrogen and oxygen atoms in total. The molecule has 0 aromatic carbocycles. The summed E-state index contributed by atoms with van der Waals surface area (Å²) >= 11 is 0. The predicted molar refractivity (Wildman–Crippen MR) is 284 cm³/mol. The number of aliphatic hydroxyl groups is 2. The number of aliphatic hydroxyl groups excluding tert-OH is 2. The predicted octanol–water partition coefficient (Wildman–Crippen LogP) is 10.8. The Hall–Kier alpha value is -3.06. The molecule has 0 spiro atoms. The summed E-state index contributed by atoms with van der Waals surface area (Å²) < 4.78 is 62.7. The molecule has 2 saturated heterocycles. The molecule has 0 saturated carbocycles. The van der Waals surface area contributed by atoms with Crippen LogP contribution in [0.15, 0.2) is 53.5 Å². The van der Waals surface area contributed by atoms with E-state index in [0.29, 0.717) is 19.3 Å². The van der Waals surface area contributed by atoms with Crippen LogP contribution in [0.4, 0.5) is 5.82 Å². The highest BCUT2D eigenvalue weighted by Crippen LogP contribution is 2.60. The minimum absolute atomic E-state index is 0.0318. The number of rotatable bonds is 44. The smallest absolute Gasteiger partial charge is 0.462 e. The van der Waals surface area contributed by atoms with Crippen LogP contribution in [0.2, 0.25) is 0 Å². The number of allylic oxidation sites excluding steroid dienone is 5. The molecule has 21 heteroatoms. The van der Waals surface area contributed by atoms with Gasteiger partial charge in [-0.1, -0.05) is 166 Å². The number of epoxide rings is 1. The largest absolute Gasteiger partial charge is 0.481 e. The third-order valence-corrected chi connectivity index (χ3v) is 15.4. The average molecular weight is 1090 g/mol. The second-order valence-electron chi connectivity index (χ2n) is 20.0. The Labute approximate surface area is 440 Å². The Morgan fingerprint density at radius 1 is 0.716 bits per heavy atom. The van der Waals surface area contributed by atoms with E-state index in [-0.39, 0.29) is 30.9 Å². The van der Waals surface area contributed by atoms with E-state index in [1.54, 1.807) is 0 Å². The number of unbranched alkanes of at least 4 members (excludes halogenated alkanes) is 17. The molecule has 6 N–H and O–H groups in total. The van der Waals surface area contributed by atoms with E-state index in [1.807, 2.05) is 0 Å². The summed E-state index contributed by atoms with van der Waals surface area (Å²) in [6.45, 7) is 4.41. The molecule has 1 aromatic rings. The Morgan fingerprint density at radius 2 is 1.30 bits per heavy atom. The van der Waals surface area contributed by atoms with E-state index in [4.69, 9.17) is 33.7 Å². The van der Waals surface area contributed by atoms with Gasteiger partial charge in [-0.05, 0) is 63.4 Å². The van der Waals surface area contributed by atoms with Crippen LogP contribution >= 0.6 is 15.6 Å². The Balaban J connectivity index is 1.39. The first-order valence-corrected chi connectivity index (χ1v) is 30.5. The molecule has 74 heavy (non-hydrogen) atoms. The van der Waals surface area contributed by atoms with Gasteiger partial charge >= 0.3 is 33.3 Å². The van der Waals surface area contributed by atoms with Gasteiger partial charge in [0, 0.05) is 19.0 Å². The lowest BCUT2D eigenvalue weighted by Crippen LogP contribution is -2.36. The fourth-order valence-corrected chi connectivity index (χ4v) is 10.6. The van der Waals surface area contributed by atoms with Crippen LogP contribution in [0.1, 0.15) is 200 Å². The first-order chi connectivity index (χ1) is 35.5. The zero-order chi connectivity index (χ0) is 54.0. The van der Waals surface area contributed by atoms with Crippen molar-refractivity contribution < 1.29 is 71.0 Å². The summed E-state index contributed by atoms with van der Waals surface area (Å²) in [6, 6.07) is 1.25. The molecule has 2 aliphatic heterocycles. The maximum absolute atomic E-state index is 12.9. The number of nitrogens with two attached hydrogens (primary N) is 1. The molecule has 2 fully saturated rings. The molecule has 3 heterocycles. The van der Waals surface area contributed by atoms with Gasteiger partial charge in [0.15, 0.2) is 12.3 Å². The highest BCUT2D eigenvalue weighted by atomic mass is 31.3. The quantitative estimate of drug-likeness (QED) is 0.0133. The van der Waals surface area contributed by atoms with Gasteiger partial charge in [-0.3, -0.25) is 23.2 Å². The minimum atomic E-state index is -5.44. The summed E-state index contributed by atoms with van der Waals surface area (Å²) in [5.74, 6) is -0.570. The lowest BCUT2D eigenvalue weighted by Gasteiger charge is -2.21. The van der Waals surface area contributed by atoms with Crippen molar-refractivity contribution in [2.24, 2.45) is 5.92 Å². The maximum Gasteiger partial charge on any atom is 0.481 e. The third kappa shape index (κ3) is 30.0. The summed E-state index contributed by atoms with van der Waals surface area (Å²) in [7, 11) is -10.9. The van der Waals surface area contributed by atoms with Crippen LogP contribution in [0.25, 0.3) is 0 Å². The van der Waals surface area contributed by atoms with E-state index in [2.05, 4.69) is 66.5 Å². The Kier molecular flexibility index (Phi) is 33.2. The standard InChI is InChI=1S/C53H91N3O16P2/c1-4-5-6-7-8-9-10-17-20-23-26-29-33-44-45(70-44)34-31-36-48(57)66-39-43(69-49(58)35-30-27-24-21-18-15-13-11-12-14-16-19-22-25-28-32-42(2)3)40-67-73(62,63)72-74(64,65)68-41-46-50(59)51(60)52(71-46)56-38-37-47(54)55-53(56)61/h8-9,17,20,26,29,37-38,42-46,50-52,59-60H,4-7,10-16,18-19,21-25,27-28,30-36,39-41H2,1-3H3,(H,62,63)(H,64,65)(H2,54,55,61)/b9-8-,20-17-,29-26-/t43-,44?,45?,46-,50-,51-,52-/m1/s1. The van der Waals surface area contributed by atoms with Crippen LogP contribution in [0.3, 0.4) is 0 Å². The average Bonchev–Trinajstić information content (AvgIpc) is 4.03. The number of carbonyl (C=O) groups is 2. The van der Waals surface area contributed by atoms with Gasteiger partial charge < -0.3 is 44.7 Å². The summed E-state index contributed by atoms with van der Waals surface area (Å²) in [4.78, 5) is 62.2. The van der Waals surface area contributed by atoms with E-state index >= 15 is 0 Å². The van der Waals surface area contributed by atoms with Crippen molar-refractivity contribution in [2.75, 3.05) is 25.6 Å². The fourth-order valence-electron chi connectivity index (χ4n) is 8.47. The number of phosphoric acid groups is 2. The van der Waals surface area contributed by atoms with Crippen molar-refractivity contribution in [2.45, 2.75) is 237 Å². The van der Waals surface area contributed by atoms with Gasteiger partial charge in [0.05, 0.1) is 25.4 Å². The van der Waals surface area contributed by atoms with Crippen molar-refractivity contribution in [3.8, 4) is 0 Å². The SMILES string of the molecule is CCCCC/C=C\C/C=C\C/C=C\CC1OC1CCCC(=O)OC[C@H](COP(=O)(O)OP(=O)(O)OC[C@H]1O[C@@H](n2ccc(N)nc2=O)[C@H](O)[C@@H]1O)OC(=O)CCCCCCCCCCCCCCCCCC(C)C. The monoisotopic (exact) mass is 1090 g/mol. The zero-order valence-electron chi connectivity index (χ0n) is 44.5. The highest BCUT2D eigenvalue weighted by Gasteiger charge is 2.46. The van der Waals surface area contributed by atoms with E-state index in [9.17, 15) is 43.5 Å². The maximum atomic E-state index is 12.9. The van der Waals surface area contributed by atoms with Crippen molar-refractivity contribution >= 4 is 33.4 Å². The van der Waals surface area contributed by atoms with Crippen LogP contribution in [0, 0.1) is 5.92 Å². The second kappa shape index (κ2) is 37.7. The molecular formula is C53H91N3O16P2. The zero-order valence-corrected chi connectivity index (χ0v) is 46.3. The molecule has 0 amide bonds. The van der Waals surface area contributed by atoms with Crippen LogP contribution in [0.5, 0.6) is 0 Å². The molecule has 4 unspecified atom stereocenters. The summed E-state index contributed by atoms with van der Waals surface area (Å²) in [5, 5.41) is 21.0. The molecule has 3 rings (SSSR count). The van der Waals surface area contributed by atoms with Crippen LogP contribution < -0.4 is 11.4 Å². The Bertz CT molecular complexity index is 1970. The third-order valence-electron chi connectivity index (χ3n) is 12.8. The lowest BCUT2D eigenvalue weighted by atomic mass is 10.0.